The van der Waals surface area contributed by atoms with Crippen LogP contribution < -0.4 is 10.1 Å². The van der Waals surface area contributed by atoms with Gasteiger partial charge in [0.2, 0.25) is 0 Å². The Hall–Kier alpha value is -2.84. The number of hydrogen-bond acceptors (Lipinski definition) is 6. The second-order valence-corrected chi connectivity index (χ2v) is 9.31. The topological polar surface area (TPSA) is 82.5 Å². The van der Waals surface area contributed by atoms with Crippen LogP contribution in [-0.4, -0.2) is 27.8 Å². The van der Waals surface area contributed by atoms with Crippen molar-refractivity contribution in [1.29, 1.82) is 0 Å². The highest BCUT2D eigenvalue weighted by Gasteiger charge is 2.28. The number of amides is 1. The third-order valence-corrected chi connectivity index (χ3v) is 6.52. The molecule has 1 aromatic carbocycles. The number of aromatic nitrogens is 2. The van der Waals surface area contributed by atoms with E-state index in [9.17, 15) is 9.59 Å². The van der Waals surface area contributed by atoms with Crippen molar-refractivity contribution in [2.75, 3.05) is 5.32 Å². The van der Waals surface area contributed by atoms with E-state index in [1.54, 1.807) is 30.3 Å². The summed E-state index contributed by atoms with van der Waals surface area (Å²) in [6.45, 7) is 3.68. The number of fused-ring (bicyclic) bond motifs is 1. The van der Waals surface area contributed by atoms with E-state index in [-0.39, 0.29) is 18.7 Å². The minimum atomic E-state index is -0.394. The lowest BCUT2D eigenvalue weighted by Gasteiger charge is -2.14. The van der Waals surface area contributed by atoms with E-state index < -0.39 is 5.97 Å². The number of carbonyl (C=O) groups is 2. The normalized spacial score (nSPS) is 13.0. The first-order chi connectivity index (χ1) is 15.4. The first-order valence-corrected chi connectivity index (χ1v) is 11.7. The average Bonchev–Trinajstić information content (AvgIpc) is 3.37. The van der Waals surface area contributed by atoms with Gasteiger partial charge in [0, 0.05) is 16.1 Å². The van der Waals surface area contributed by atoms with E-state index in [4.69, 9.17) is 21.1 Å². The number of nitrogens with one attached hydrogen (secondary N) is 1. The Bertz CT molecular complexity index is 1120. The quantitative estimate of drug-likeness (QED) is 0.469. The number of ether oxygens (including phenoxy) is 2. The molecule has 1 N–H and O–H groups in total. The van der Waals surface area contributed by atoms with Gasteiger partial charge in [0.05, 0.1) is 11.7 Å². The SMILES string of the molecule is CC(C)OC(=O)c1c(NC(=O)c2ccnn2COc2ccc(Cl)cc2)sc2c1CCCC2. The van der Waals surface area contributed by atoms with E-state index in [1.165, 1.54) is 22.2 Å². The maximum absolute atomic E-state index is 13.1. The highest BCUT2D eigenvalue weighted by atomic mass is 35.5. The molecule has 0 atom stereocenters. The molecule has 1 amide bonds. The molecule has 3 aromatic rings. The van der Waals surface area contributed by atoms with E-state index in [1.807, 2.05) is 13.8 Å². The second kappa shape index (κ2) is 9.75. The van der Waals surface area contributed by atoms with Gasteiger partial charge in [-0.05, 0) is 75.4 Å². The minimum Gasteiger partial charge on any atom is -0.471 e. The Kier molecular flexibility index (Phi) is 6.81. The fourth-order valence-corrected chi connectivity index (χ4v) is 5.00. The van der Waals surface area contributed by atoms with Crippen LogP contribution in [0.3, 0.4) is 0 Å². The van der Waals surface area contributed by atoms with Crippen molar-refractivity contribution >= 4 is 39.8 Å². The van der Waals surface area contributed by atoms with E-state index >= 15 is 0 Å². The molecule has 168 valence electrons. The molecule has 1 aliphatic carbocycles. The number of benzene rings is 1. The standard InChI is InChI=1S/C23H24ClN3O4S/c1-14(2)31-23(29)20-17-5-3-4-6-19(17)32-22(20)26-21(28)18-11-12-25-27(18)13-30-16-9-7-15(24)8-10-16/h7-12,14H,3-6,13H2,1-2H3,(H,26,28). The maximum atomic E-state index is 13.1. The smallest absolute Gasteiger partial charge is 0.341 e. The number of esters is 1. The van der Waals surface area contributed by atoms with Crippen LogP contribution >= 0.6 is 22.9 Å². The Morgan fingerprint density at radius 2 is 1.94 bits per heavy atom. The predicted octanol–water partition coefficient (Wildman–Crippen LogP) is 5.33. The average molecular weight is 474 g/mol. The monoisotopic (exact) mass is 473 g/mol. The van der Waals surface area contributed by atoms with Gasteiger partial charge in [-0.25, -0.2) is 9.48 Å². The third-order valence-electron chi connectivity index (χ3n) is 5.06. The van der Waals surface area contributed by atoms with Crippen molar-refractivity contribution in [3.8, 4) is 5.75 Å². The summed E-state index contributed by atoms with van der Waals surface area (Å²) in [5.41, 5.74) is 1.81. The van der Waals surface area contributed by atoms with E-state index in [2.05, 4.69) is 10.4 Å². The van der Waals surface area contributed by atoms with Crippen LogP contribution in [0.5, 0.6) is 5.75 Å². The Labute approximate surface area is 195 Å². The van der Waals surface area contributed by atoms with Gasteiger partial charge in [-0.1, -0.05) is 11.6 Å². The van der Waals surface area contributed by atoms with Crippen LogP contribution in [0.15, 0.2) is 36.5 Å². The van der Waals surface area contributed by atoms with Gasteiger partial charge in [0.15, 0.2) is 6.73 Å². The summed E-state index contributed by atoms with van der Waals surface area (Å²) in [6.07, 6.45) is 5.12. The first kappa shape index (κ1) is 22.4. The van der Waals surface area contributed by atoms with Gasteiger partial charge < -0.3 is 14.8 Å². The molecule has 0 bridgehead atoms. The van der Waals surface area contributed by atoms with Crippen LogP contribution in [0.4, 0.5) is 5.00 Å². The lowest BCUT2D eigenvalue weighted by Crippen LogP contribution is -2.21. The summed E-state index contributed by atoms with van der Waals surface area (Å²) in [6, 6.07) is 8.55. The molecule has 0 fully saturated rings. The summed E-state index contributed by atoms with van der Waals surface area (Å²) >= 11 is 7.35. The molecule has 2 aromatic heterocycles. The zero-order chi connectivity index (χ0) is 22.7. The molecule has 1 aliphatic rings. The van der Waals surface area contributed by atoms with Crippen LogP contribution in [0, 0.1) is 0 Å². The molecular formula is C23H24ClN3O4S. The Morgan fingerprint density at radius 3 is 2.69 bits per heavy atom. The summed E-state index contributed by atoms with van der Waals surface area (Å²) < 4.78 is 12.6. The molecule has 0 spiro atoms. The van der Waals surface area contributed by atoms with Crippen LogP contribution in [-0.2, 0) is 24.3 Å². The Morgan fingerprint density at radius 1 is 1.19 bits per heavy atom. The van der Waals surface area contributed by atoms with Crippen LogP contribution in [0.2, 0.25) is 5.02 Å². The zero-order valence-corrected chi connectivity index (χ0v) is 19.5. The minimum absolute atomic E-state index is 0.0561. The predicted molar refractivity (Wildman–Crippen MR) is 124 cm³/mol. The van der Waals surface area contributed by atoms with Crippen molar-refractivity contribution < 1.29 is 19.1 Å². The molecular weight excluding hydrogens is 450 g/mol. The fraction of sp³-hybridized carbons (Fsp3) is 0.348. The third kappa shape index (κ3) is 4.97. The molecule has 0 saturated heterocycles. The molecule has 2 heterocycles. The number of halogens is 1. The molecule has 0 aliphatic heterocycles. The molecule has 7 nitrogen and oxygen atoms in total. The molecule has 0 unspecified atom stereocenters. The fourth-order valence-electron chi connectivity index (χ4n) is 3.60. The number of anilines is 1. The van der Waals surface area contributed by atoms with Gasteiger partial charge >= 0.3 is 5.97 Å². The number of hydrogen-bond donors (Lipinski definition) is 1. The molecule has 0 saturated carbocycles. The van der Waals surface area contributed by atoms with Gasteiger partial charge in [-0.15, -0.1) is 11.3 Å². The largest absolute Gasteiger partial charge is 0.471 e. The van der Waals surface area contributed by atoms with Gasteiger partial charge in [0.1, 0.15) is 16.4 Å². The Balaban J connectivity index is 1.53. The van der Waals surface area contributed by atoms with Crippen molar-refractivity contribution in [1.82, 2.24) is 9.78 Å². The highest BCUT2D eigenvalue weighted by molar-refractivity contribution is 7.17. The molecule has 4 rings (SSSR count). The summed E-state index contributed by atoms with van der Waals surface area (Å²) in [7, 11) is 0. The maximum Gasteiger partial charge on any atom is 0.341 e. The number of carbonyl (C=O) groups excluding carboxylic acids is 2. The lowest BCUT2D eigenvalue weighted by atomic mass is 9.95. The van der Waals surface area contributed by atoms with Crippen molar-refractivity contribution in [3.05, 3.63) is 63.2 Å². The molecule has 0 radical (unpaired) electrons. The van der Waals surface area contributed by atoms with E-state index in [0.717, 1.165) is 36.1 Å². The van der Waals surface area contributed by atoms with Gasteiger partial charge in [-0.2, -0.15) is 5.10 Å². The second-order valence-electron chi connectivity index (χ2n) is 7.77. The first-order valence-electron chi connectivity index (χ1n) is 10.5. The molecule has 9 heteroatoms. The molecule has 32 heavy (non-hydrogen) atoms. The number of aryl methyl sites for hydroxylation is 1. The number of rotatable bonds is 7. The van der Waals surface area contributed by atoms with Gasteiger partial charge in [0.25, 0.3) is 5.91 Å². The van der Waals surface area contributed by atoms with Crippen molar-refractivity contribution in [3.63, 3.8) is 0 Å². The highest BCUT2D eigenvalue weighted by Crippen LogP contribution is 2.39. The van der Waals surface area contributed by atoms with E-state index in [0.29, 0.717) is 27.0 Å². The summed E-state index contributed by atoms with van der Waals surface area (Å²) in [4.78, 5) is 27.0. The van der Waals surface area contributed by atoms with Crippen molar-refractivity contribution in [2.24, 2.45) is 0 Å². The zero-order valence-electron chi connectivity index (χ0n) is 17.9. The van der Waals surface area contributed by atoms with Crippen molar-refractivity contribution in [2.45, 2.75) is 52.4 Å². The summed E-state index contributed by atoms with van der Waals surface area (Å²) in [5.74, 6) is -0.144. The number of nitrogens with zero attached hydrogens (tertiary/aromatic N) is 2. The van der Waals surface area contributed by atoms with Gasteiger partial charge in [-0.3, -0.25) is 4.79 Å². The summed E-state index contributed by atoms with van der Waals surface area (Å²) in [5, 5.41) is 8.25. The lowest BCUT2D eigenvalue weighted by molar-refractivity contribution is 0.0378. The van der Waals surface area contributed by atoms with Crippen LogP contribution in [0.25, 0.3) is 0 Å². The van der Waals surface area contributed by atoms with Crippen LogP contribution in [0.1, 0.15) is 58.0 Å². The number of thiophene rings is 1.